The molecule has 0 radical (unpaired) electrons. The highest BCUT2D eigenvalue weighted by molar-refractivity contribution is 7.09. The molecule has 0 saturated carbocycles. The number of nitrogens with two attached hydrogens (primary N) is 1. The van der Waals surface area contributed by atoms with Crippen LogP contribution in [0.4, 0.5) is 5.69 Å². The lowest BCUT2D eigenvalue weighted by Gasteiger charge is -2.20. The van der Waals surface area contributed by atoms with Crippen molar-refractivity contribution in [1.82, 2.24) is 9.55 Å². The molecule has 0 saturated heterocycles. The third-order valence-corrected chi connectivity index (χ3v) is 4.54. The highest BCUT2D eigenvalue weighted by atomic mass is 32.1. The Labute approximate surface area is 129 Å². The van der Waals surface area contributed by atoms with E-state index in [9.17, 15) is 0 Å². The van der Waals surface area contributed by atoms with Crippen LogP contribution in [0.5, 0.6) is 0 Å². The molecule has 0 atom stereocenters. The molecule has 0 unspecified atom stereocenters. The van der Waals surface area contributed by atoms with E-state index in [-0.39, 0.29) is 5.41 Å². The van der Waals surface area contributed by atoms with Gasteiger partial charge >= 0.3 is 0 Å². The van der Waals surface area contributed by atoms with Gasteiger partial charge in [0.05, 0.1) is 11.0 Å². The van der Waals surface area contributed by atoms with Gasteiger partial charge < -0.3 is 10.3 Å². The maximum atomic E-state index is 5.90. The fraction of sp³-hybridized carbons (Fsp3) is 0.353. The molecule has 0 spiro atoms. The molecule has 0 aliphatic carbocycles. The van der Waals surface area contributed by atoms with Gasteiger partial charge in [0.1, 0.15) is 5.82 Å². The van der Waals surface area contributed by atoms with Crippen LogP contribution in [0.1, 0.15) is 31.5 Å². The van der Waals surface area contributed by atoms with Crippen molar-refractivity contribution < 1.29 is 0 Å². The van der Waals surface area contributed by atoms with Gasteiger partial charge in [0.25, 0.3) is 0 Å². The van der Waals surface area contributed by atoms with Crippen molar-refractivity contribution in [2.24, 2.45) is 0 Å². The van der Waals surface area contributed by atoms with Crippen molar-refractivity contribution in [2.45, 2.75) is 39.2 Å². The molecule has 2 heterocycles. The molecule has 0 aliphatic rings. The third kappa shape index (κ3) is 2.81. The largest absolute Gasteiger partial charge is 0.399 e. The molecule has 0 fully saturated rings. The Kier molecular flexibility index (Phi) is 3.49. The summed E-state index contributed by atoms with van der Waals surface area (Å²) in [5, 5.41) is 2.13. The van der Waals surface area contributed by atoms with E-state index < -0.39 is 0 Å². The highest BCUT2D eigenvalue weighted by Crippen LogP contribution is 2.28. The van der Waals surface area contributed by atoms with Gasteiger partial charge in [-0.1, -0.05) is 26.8 Å². The van der Waals surface area contributed by atoms with E-state index in [1.807, 2.05) is 23.5 Å². The highest BCUT2D eigenvalue weighted by Gasteiger charge is 2.22. The standard InChI is InChI=1S/C17H21N3S/c1-17(2,3)16-19-14-11-12(18)6-7-15(14)20(16)9-8-13-5-4-10-21-13/h4-7,10-11H,8-9,18H2,1-3H3. The van der Waals surface area contributed by atoms with Crippen LogP contribution < -0.4 is 5.73 Å². The number of aryl methyl sites for hydroxylation is 2. The average molecular weight is 299 g/mol. The zero-order valence-corrected chi connectivity index (χ0v) is 13.6. The van der Waals surface area contributed by atoms with Gasteiger partial charge in [-0.15, -0.1) is 11.3 Å². The van der Waals surface area contributed by atoms with Crippen molar-refractivity contribution in [3.8, 4) is 0 Å². The number of benzene rings is 1. The number of nitrogens with zero attached hydrogens (tertiary/aromatic N) is 2. The SMILES string of the molecule is CC(C)(C)c1nc2cc(N)ccc2n1CCc1cccs1. The summed E-state index contributed by atoms with van der Waals surface area (Å²) in [5.41, 5.74) is 8.85. The molecule has 0 aliphatic heterocycles. The molecule has 0 bridgehead atoms. The van der Waals surface area contributed by atoms with Crippen LogP contribution in [0.2, 0.25) is 0 Å². The minimum atomic E-state index is 0.0171. The van der Waals surface area contributed by atoms with Crippen LogP contribution in [0.3, 0.4) is 0 Å². The van der Waals surface area contributed by atoms with E-state index in [0.717, 1.165) is 30.0 Å². The minimum absolute atomic E-state index is 0.0171. The zero-order valence-electron chi connectivity index (χ0n) is 12.8. The van der Waals surface area contributed by atoms with E-state index in [1.54, 1.807) is 0 Å². The molecular formula is C17H21N3S. The van der Waals surface area contributed by atoms with Crippen molar-refractivity contribution in [2.75, 3.05) is 5.73 Å². The molecular weight excluding hydrogens is 278 g/mol. The fourth-order valence-electron chi connectivity index (χ4n) is 2.62. The summed E-state index contributed by atoms with van der Waals surface area (Å²) in [7, 11) is 0. The first kappa shape index (κ1) is 14.1. The Hall–Kier alpha value is -1.81. The predicted octanol–water partition coefficient (Wildman–Crippen LogP) is 4.22. The van der Waals surface area contributed by atoms with Gasteiger partial charge in [0.2, 0.25) is 0 Å². The number of hydrogen-bond donors (Lipinski definition) is 1. The maximum absolute atomic E-state index is 5.90. The van der Waals surface area contributed by atoms with Crippen LogP contribution in [-0.4, -0.2) is 9.55 Å². The molecule has 3 nitrogen and oxygen atoms in total. The Morgan fingerprint density at radius 2 is 2.05 bits per heavy atom. The van der Waals surface area contributed by atoms with Gasteiger partial charge in [0, 0.05) is 22.5 Å². The molecule has 21 heavy (non-hydrogen) atoms. The lowest BCUT2D eigenvalue weighted by molar-refractivity contribution is 0.504. The van der Waals surface area contributed by atoms with Crippen molar-refractivity contribution >= 4 is 28.1 Å². The normalized spacial score (nSPS) is 12.1. The number of hydrogen-bond acceptors (Lipinski definition) is 3. The summed E-state index contributed by atoms with van der Waals surface area (Å²) in [6.45, 7) is 7.57. The van der Waals surface area contributed by atoms with E-state index in [2.05, 4.69) is 48.9 Å². The second-order valence-electron chi connectivity index (χ2n) is 6.41. The van der Waals surface area contributed by atoms with Gasteiger partial charge in [-0.25, -0.2) is 4.98 Å². The van der Waals surface area contributed by atoms with Crippen LogP contribution in [0, 0.1) is 0 Å². The Bertz CT molecular complexity index is 748. The molecule has 110 valence electrons. The van der Waals surface area contributed by atoms with E-state index in [0.29, 0.717) is 0 Å². The number of nitrogen functional groups attached to an aromatic ring is 1. The molecule has 4 heteroatoms. The van der Waals surface area contributed by atoms with Crippen LogP contribution in [-0.2, 0) is 18.4 Å². The summed E-state index contributed by atoms with van der Waals surface area (Å²) < 4.78 is 2.34. The third-order valence-electron chi connectivity index (χ3n) is 3.61. The monoisotopic (exact) mass is 299 g/mol. The van der Waals surface area contributed by atoms with E-state index in [4.69, 9.17) is 10.7 Å². The number of aromatic nitrogens is 2. The fourth-order valence-corrected chi connectivity index (χ4v) is 3.32. The lowest BCUT2D eigenvalue weighted by Crippen LogP contribution is -2.19. The predicted molar refractivity (Wildman–Crippen MR) is 90.9 cm³/mol. The smallest absolute Gasteiger partial charge is 0.115 e. The molecule has 2 N–H and O–H groups in total. The lowest BCUT2D eigenvalue weighted by atomic mass is 9.95. The van der Waals surface area contributed by atoms with E-state index >= 15 is 0 Å². The minimum Gasteiger partial charge on any atom is -0.399 e. The van der Waals surface area contributed by atoms with Gasteiger partial charge in [-0.05, 0) is 36.1 Å². The van der Waals surface area contributed by atoms with Crippen LogP contribution in [0.25, 0.3) is 11.0 Å². The summed E-state index contributed by atoms with van der Waals surface area (Å²) in [6.07, 6.45) is 1.04. The van der Waals surface area contributed by atoms with Gasteiger partial charge in [-0.3, -0.25) is 0 Å². The molecule has 0 amide bonds. The molecule has 3 aromatic rings. The topological polar surface area (TPSA) is 43.8 Å². The van der Waals surface area contributed by atoms with Crippen molar-refractivity contribution in [1.29, 1.82) is 0 Å². The first-order chi connectivity index (χ1) is 9.95. The molecule has 3 rings (SSSR count). The van der Waals surface area contributed by atoms with Crippen molar-refractivity contribution in [3.63, 3.8) is 0 Å². The number of anilines is 1. The number of rotatable bonds is 3. The molecule has 2 aromatic heterocycles. The first-order valence-corrected chi connectivity index (χ1v) is 8.12. The second-order valence-corrected chi connectivity index (χ2v) is 7.45. The quantitative estimate of drug-likeness (QED) is 0.736. The summed E-state index contributed by atoms with van der Waals surface area (Å²) in [5.74, 6) is 1.12. The Balaban J connectivity index is 2.05. The average Bonchev–Trinajstić information content (AvgIpc) is 3.01. The number of fused-ring (bicyclic) bond motifs is 1. The summed E-state index contributed by atoms with van der Waals surface area (Å²) in [6, 6.07) is 10.3. The zero-order chi connectivity index (χ0) is 15.0. The number of imidazole rings is 1. The van der Waals surface area contributed by atoms with Gasteiger partial charge in [0.15, 0.2) is 0 Å². The summed E-state index contributed by atoms with van der Waals surface area (Å²) >= 11 is 1.81. The van der Waals surface area contributed by atoms with Gasteiger partial charge in [-0.2, -0.15) is 0 Å². The summed E-state index contributed by atoms with van der Waals surface area (Å²) in [4.78, 5) is 6.24. The van der Waals surface area contributed by atoms with Crippen LogP contribution >= 0.6 is 11.3 Å². The first-order valence-electron chi connectivity index (χ1n) is 7.24. The van der Waals surface area contributed by atoms with Crippen LogP contribution in [0.15, 0.2) is 35.7 Å². The van der Waals surface area contributed by atoms with Crippen molar-refractivity contribution in [3.05, 3.63) is 46.4 Å². The Morgan fingerprint density at radius 3 is 2.71 bits per heavy atom. The Morgan fingerprint density at radius 1 is 1.24 bits per heavy atom. The molecule has 1 aromatic carbocycles. The van der Waals surface area contributed by atoms with E-state index in [1.165, 1.54) is 10.4 Å². The number of thiophene rings is 1. The maximum Gasteiger partial charge on any atom is 0.115 e. The second kappa shape index (κ2) is 5.19.